The molecule has 0 bridgehead atoms. The Kier molecular flexibility index (Phi) is 5.44. The summed E-state index contributed by atoms with van der Waals surface area (Å²) in [5.41, 5.74) is -0.255. The van der Waals surface area contributed by atoms with Crippen LogP contribution in [0.15, 0.2) is 0 Å². The van der Waals surface area contributed by atoms with Crippen LogP contribution in [-0.4, -0.2) is 25.0 Å². The van der Waals surface area contributed by atoms with Gasteiger partial charge in [0.1, 0.15) is 0 Å². The molecule has 0 aromatic heterocycles. The molecule has 1 amide bonds. The van der Waals surface area contributed by atoms with Crippen LogP contribution in [0.5, 0.6) is 0 Å². The molecule has 1 aliphatic heterocycles. The molecule has 3 nitrogen and oxygen atoms in total. The lowest BCUT2D eigenvalue weighted by molar-refractivity contribution is -0.133. The van der Waals surface area contributed by atoms with Gasteiger partial charge in [-0.25, -0.2) is 0 Å². The Balaban J connectivity index is 2.52. The SMILES string of the molecule is CCCC(C)NC(=O)C(C)(C)C1CCCNC1. The van der Waals surface area contributed by atoms with Crippen molar-refractivity contribution in [1.82, 2.24) is 10.6 Å². The zero-order chi connectivity index (χ0) is 12.9. The van der Waals surface area contributed by atoms with Crippen molar-refractivity contribution in [2.24, 2.45) is 11.3 Å². The molecule has 0 aromatic rings. The minimum absolute atomic E-state index is 0.215. The Morgan fingerprint density at radius 1 is 1.53 bits per heavy atom. The van der Waals surface area contributed by atoms with Crippen molar-refractivity contribution in [2.45, 2.75) is 59.4 Å². The van der Waals surface area contributed by atoms with E-state index in [1.54, 1.807) is 0 Å². The molecule has 2 atom stereocenters. The Hall–Kier alpha value is -0.570. The number of carbonyl (C=O) groups excluding carboxylic acids is 1. The first-order valence-corrected chi connectivity index (χ1v) is 7.00. The fourth-order valence-electron chi connectivity index (χ4n) is 2.57. The number of rotatable bonds is 5. The summed E-state index contributed by atoms with van der Waals surface area (Å²) in [6.07, 6.45) is 4.53. The summed E-state index contributed by atoms with van der Waals surface area (Å²) in [7, 11) is 0. The van der Waals surface area contributed by atoms with Crippen molar-refractivity contribution in [3.05, 3.63) is 0 Å². The molecule has 1 fully saturated rings. The maximum Gasteiger partial charge on any atom is 0.226 e. The lowest BCUT2D eigenvalue weighted by atomic mass is 9.74. The Labute approximate surface area is 106 Å². The third-order valence-electron chi connectivity index (χ3n) is 4.00. The van der Waals surface area contributed by atoms with Gasteiger partial charge in [0.15, 0.2) is 0 Å². The number of amides is 1. The second kappa shape index (κ2) is 6.39. The number of piperidine rings is 1. The van der Waals surface area contributed by atoms with Crippen LogP contribution in [-0.2, 0) is 4.79 Å². The molecule has 0 spiro atoms. The van der Waals surface area contributed by atoms with Crippen LogP contribution in [0.3, 0.4) is 0 Å². The summed E-state index contributed by atoms with van der Waals surface area (Å²) in [5.74, 6) is 0.678. The van der Waals surface area contributed by atoms with E-state index in [-0.39, 0.29) is 11.3 Å². The topological polar surface area (TPSA) is 41.1 Å². The molecule has 0 saturated carbocycles. The molecule has 2 N–H and O–H groups in total. The van der Waals surface area contributed by atoms with Gasteiger partial charge in [-0.2, -0.15) is 0 Å². The maximum atomic E-state index is 12.3. The minimum Gasteiger partial charge on any atom is -0.353 e. The van der Waals surface area contributed by atoms with Crippen LogP contribution >= 0.6 is 0 Å². The largest absolute Gasteiger partial charge is 0.353 e. The van der Waals surface area contributed by atoms with Gasteiger partial charge in [-0.05, 0) is 45.2 Å². The summed E-state index contributed by atoms with van der Waals surface area (Å²) in [5, 5.41) is 6.55. The van der Waals surface area contributed by atoms with Crippen LogP contribution in [0.25, 0.3) is 0 Å². The van der Waals surface area contributed by atoms with Gasteiger partial charge in [0.2, 0.25) is 5.91 Å². The molecule has 0 aliphatic carbocycles. The molecule has 3 heteroatoms. The molecule has 1 aliphatic rings. The van der Waals surface area contributed by atoms with Crippen molar-refractivity contribution < 1.29 is 4.79 Å². The van der Waals surface area contributed by atoms with Crippen LogP contribution in [0.4, 0.5) is 0 Å². The van der Waals surface area contributed by atoms with E-state index in [1.165, 1.54) is 6.42 Å². The predicted octanol–water partition coefficient (Wildman–Crippen LogP) is 2.32. The first-order valence-electron chi connectivity index (χ1n) is 7.00. The van der Waals surface area contributed by atoms with E-state index in [2.05, 4.69) is 38.3 Å². The van der Waals surface area contributed by atoms with Crippen molar-refractivity contribution >= 4 is 5.91 Å². The van der Waals surface area contributed by atoms with Gasteiger partial charge >= 0.3 is 0 Å². The van der Waals surface area contributed by atoms with Gasteiger partial charge in [-0.3, -0.25) is 4.79 Å². The summed E-state index contributed by atoms with van der Waals surface area (Å²) in [4.78, 5) is 12.3. The lowest BCUT2D eigenvalue weighted by Crippen LogP contribution is -2.49. The lowest BCUT2D eigenvalue weighted by Gasteiger charge is -2.36. The minimum atomic E-state index is -0.255. The highest BCUT2D eigenvalue weighted by molar-refractivity contribution is 5.82. The fourth-order valence-corrected chi connectivity index (χ4v) is 2.57. The standard InChI is InChI=1S/C14H28N2O/c1-5-7-11(2)16-13(17)14(3,4)12-8-6-9-15-10-12/h11-12,15H,5-10H2,1-4H3,(H,16,17). The van der Waals surface area contributed by atoms with Gasteiger partial charge in [0.05, 0.1) is 0 Å². The highest BCUT2D eigenvalue weighted by atomic mass is 16.2. The van der Waals surface area contributed by atoms with E-state index < -0.39 is 0 Å². The summed E-state index contributed by atoms with van der Waals surface area (Å²) in [6, 6.07) is 0.295. The third kappa shape index (κ3) is 3.98. The molecule has 1 rings (SSSR count). The number of carbonyl (C=O) groups is 1. The monoisotopic (exact) mass is 240 g/mol. The third-order valence-corrected chi connectivity index (χ3v) is 4.00. The Morgan fingerprint density at radius 3 is 2.76 bits per heavy atom. The van der Waals surface area contributed by atoms with E-state index >= 15 is 0 Å². The van der Waals surface area contributed by atoms with Crippen LogP contribution in [0, 0.1) is 11.3 Å². The van der Waals surface area contributed by atoms with Gasteiger partial charge in [-0.1, -0.05) is 27.2 Å². The van der Waals surface area contributed by atoms with Gasteiger partial charge in [-0.15, -0.1) is 0 Å². The molecule has 1 saturated heterocycles. The Bertz CT molecular complexity index is 245. The fraction of sp³-hybridized carbons (Fsp3) is 0.929. The first-order chi connectivity index (χ1) is 7.98. The molecule has 1 heterocycles. The van der Waals surface area contributed by atoms with Crippen LogP contribution < -0.4 is 10.6 Å². The summed E-state index contributed by atoms with van der Waals surface area (Å²) < 4.78 is 0. The average Bonchev–Trinajstić information content (AvgIpc) is 2.30. The van der Waals surface area contributed by atoms with E-state index in [1.807, 2.05) is 0 Å². The van der Waals surface area contributed by atoms with Crippen LogP contribution in [0.1, 0.15) is 53.4 Å². The molecular weight excluding hydrogens is 212 g/mol. The highest BCUT2D eigenvalue weighted by Crippen LogP contribution is 2.32. The van der Waals surface area contributed by atoms with Crippen molar-refractivity contribution in [1.29, 1.82) is 0 Å². The summed E-state index contributed by atoms with van der Waals surface area (Å²) in [6.45, 7) is 10.5. The van der Waals surface area contributed by atoms with E-state index in [9.17, 15) is 4.79 Å². The van der Waals surface area contributed by atoms with Crippen LogP contribution in [0.2, 0.25) is 0 Å². The van der Waals surface area contributed by atoms with E-state index in [4.69, 9.17) is 0 Å². The van der Waals surface area contributed by atoms with Gasteiger partial charge < -0.3 is 10.6 Å². The van der Waals surface area contributed by atoms with Gasteiger partial charge in [0.25, 0.3) is 0 Å². The second-order valence-corrected chi connectivity index (χ2v) is 5.93. The molecule has 2 unspecified atom stereocenters. The zero-order valence-electron chi connectivity index (χ0n) is 11.8. The van der Waals surface area contributed by atoms with Crippen molar-refractivity contribution in [3.8, 4) is 0 Å². The molecular formula is C14H28N2O. The second-order valence-electron chi connectivity index (χ2n) is 5.93. The van der Waals surface area contributed by atoms with E-state index in [0.717, 1.165) is 32.4 Å². The Morgan fingerprint density at radius 2 is 2.24 bits per heavy atom. The van der Waals surface area contributed by atoms with Crippen molar-refractivity contribution in [2.75, 3.05) is 13.1 Å². The maximum absolute atomic E-state index is 12.3. The quantitative estimate of drug-likeness (QED) is 0.774. The normalized spacial score (nSPS) is 23.2. The van der Waals surface area contributed by atoms with Crippen molar-refractivity contribution in [3.63, 3.8) is 0 Å². The molecule has 0 aromatic carbocycles. The smallest absolute Gasteiger partial charge is 0.226 e. The number of nitrogens with one attached hydrogen (secondary N) is 2. The number of hydrogen-bond acceptors (Lipinski definition) is 2. The molecule has 17 heavy (non-hydrogen) atoms. The number of hydrogen-bond donors (Lipinski definition) is 2. The zero-order valence-corrected chi connectivity index (χ0v) is 11.8. The first kappa shape index (κ1) is 14.5. The van der Waals surface area contributed by atoms with E-state index in [0.29, 0.717) is 12.0 Å². The summed E-state index contributed by atoms with van der Waals surface area (Å²) >= 11 is 0. The highest BCUT2D eigenvalue weighted by Gasteiger charge is 2.37. The van der Waals surface area contributed by atoms with Gasteiger partial charge in [0, 0.05) is 11.5 Å². The predicted molar refractivity (Wildman–Crippen MR) is 71.9 cm³/mol. The average molecular weight is 240 g/mol. The molecule has 0 radical (unpaired) electrons. The molecule has 100 valence electrons.